The highest BCUT2D eigenvalue weighted by molar-refractivity contribution is 7.81. The quantitative estimate of drug-likeness (QED) is 0.254. The van der Waals surface area contributed by atoms with Gasteiger partial charge in [0.05, 0.1) is 27.4 Å². The van der Waals surface area contributed by atoms with Gasteiger partial charge in [0.25, 0.3) is 17.7 Å². The van der Waals surface area contributed by atoms with Gasteiger partial charge in [0.15, 0.2) is 5.11 Å². The largest absolute Gasteiger partial charge is 0.371 e. The molecule has 13 nitrogen and oxygen atoms in total. The number of hydrogen-bond donors (Lipinski definition) is 1. The van der Waals surface area contributed by atoms with Crippen LogP contribution in [-0.4, -0.2) is 102 Å². The van der Waals surface area contributed by atoms with Crippen molar-refractivity contribution in [2.24, 2.45) is 5.92 Å². The van der Waals surface area contributed by atoms with E-state index in [-0.39, 0.29) is 23.8 Å². The zero-order valence-corrected chi connectivity index (χ0v) is 33.8. The van der Waals surface area contributed by atoms with Crippen molar-refractivity contribution in [2.75, 3.05) is 65.4 Å². The van der Waals surface area contributed by atoms with Gasteiger partial charge < -0.3 is 14.7 Å². The summed E-state index contributed by atoms with van der Waals surface area (Å²) in [5, 5.41) is 12.3. The lowest BCUT2D eigenvalue weighted by Crippen LogP contribution is -2.55. The average Bonchev–Trinajstić information content (AvgIpc) is 3.59. The predicted molar refractivity (Wildman–Crippen MR) is 223 cm³/mol. The number of imide groups is 2. The van der Waals surface area contributed by atoms with Crippen LogP contribution in [0.25, 0.3) is 0 Å². The normalized spacial score (nSPS) is 22.5. The van der Waals surface area contributed by atoms with Crippen molar-refractivity contribution in [1.29, 1.82) is 5.26 Å². The van der Waals surface area contributed by atoms with Gasteiger partial charge in [0.2, 0.25) is 11.8 Å². The number of nitrogens with one attached hydrogen (secondary N) is 1. The maximum Gasteiger partial charge on any atom is 0.262 e. The zero-order chi connectivity index (χ0) is 40.5. The number of benzene rings is 3. The molecule has 1 aliphatic carbocycles. The maximum absolute atomic E-state index is 14.0. The van der Waals surface area contributed by atoms with Crippen LogP contribution in [0.5, 0.6) is 0 Å². The Morgan fingerprint density at radius 3 is 2.19 bits per heavy atom. The van der Waals surface area contributed by atoms with Crippen molar-refractivity contribution in [3.05, 3.63) is 81.9 Å². The van der Waals surface area contributed by atoms with E-state index in [1.807, 2.05) is 11.0 Å². The fourth-order valence-electron chi connectivity index (χ4n) is 9.64. The summed E-state index contributed by atoms with van der Waals surface area (Å²) >= 11 is 12.3. The molecule has 15 heteroatoms. The lowest BCUT2D eigenvalue weighted by atomic mass is 9.75. The van der Waals surface area contributed by atoms with Gasteiger partial charge in [-0.05, 0) is 124 Å². The minimum atomic E-state index is -0.976. The number of piperazine rings is 1. The fraction of sp³-hybridized carbons (Fsp3) is 0.419. The highest BCUT2D eigenvalue weighted by atomic mass is 35.5. The summed E-state index contributed by atoms with van der Waals surface area (Å²) in [6.07, 6.45) is 4.79. The van der Waals surface area contributed by atoms with Gasteiger partial charge in [-0.2, -0.15) is 5.26 Å². The Hall–Kier alpha value is -5.36. The molecule has 5 fully saturated rings. The first kappa shape index (κ1) is 38.2. The number of rotatable bonds is 7. The number of carbonyl (C=O) groups excluding carboxylic acids is 5. The molecule has 298 valence electrons. The summed E-state index contributed by atoms with van der Waals surface area (Å²) in [5.74, 6) is -1.45. The molecule has 9 rings (SSSR count). The maximum atomic E-state index is 14.0. The first-order valence-electron chi connectivity index (χ1n) is 20.0. The third-order valence-electron chi connectivity index (χ3n) is 13.0. The van der Waals surface area contributed by atoms with Gasteiger partial charge in [-0.1, -0.05) is 11.6 Å². The number of fused-ring (bicyclic) bond motifs is 1. The average molecular weight is 819 g/mol. The minimum absolute atomic E-state index is 0.0489. The molecule has 5 amide bonds. The van der Waals surface area contributed by atoms with Crippen LogP contribution in [0.2, 0.25) is 5.02 Å². The summed E-state index contributed by atoms with van der Waals surface area (Å²) in [7, 11) is 0. The molecule has 0 radical (unpaired) electrons. The van der Waals surface area contributed by atoms with E-state index in [1.54, 1.807) is 35.2 Å². The van der Waals surface area contributed by atoms with E-state index in [0.717, 1.165) is 99.8 Å². The molecule has 1 atom stereocenters. The fourth-order valence-corrected chi connectivity index (χ4v) is 10.3. The highest BCUT2D eigenvalue weighted by Crippen LogP contribution is 2.48. The molecule has 0 aromatic heterocycles. The Bertz CT molecular complexity index is 2330. The number of piperidine rings is 2. The van der Waals surface area contributed by atoms with Crippen molar-refractivity contribution in [2.45, 2.75) is 63.5 Å². The van der Waals surface area contributed by atoms with Gasteiger partial charge in [0.1, 0.15) is 17.6 Å². The van der Waals surface area contributed by atoms with Crippen molar-refractivity contribution >= 4 is 81.2 Å². The Kier molecular flexibility index (Phi) is 9.73. The highest BCUT2D eigenvalue weighted by Gasteiger charge is 2.59. The first-order valence-corrected chi connectivity index (χ1v) is 20.8. The van der Waals surface area contributed by atoms with Crippen LogP contribution < -0.4 is 24.9 Å². The molecule has 3 aromatic carbocycles. The number of hydrogen-bond acceptors (Lipinski definition) is 10. The summed E-state index contributed by atoms with van der Waals surface area (Å²) in [6.45, 7) is 8.46. The lowest BCUT2D eigenvalue weighted by molar-refractivity contribution is -0.136. The molecule has 0 bridgehead atoms. The van der Waals surface area contributed by atoms with Crippen molar-refractivity contribution in [3.63, 3.8) is 0 Å². The second-order valence-corrected chi connectivity index (χ2v) is 17.1. The molecule has 6 aliphatic rings. The molecule has 1 unspecified atom stereocenters. The van der Waals surface area contributed by atoms with Crippen LogP contribution in [0.4, 0.5) is 22.7 Å². The van der Waals surface area contributed by atoms with Gasteiger partial charge >= 0.3 is 0 Å². The van der Waals surface area contributed by atoms with E-state index in [2.05, 4.69) is 51.2 Å². The van der Waals surface area contributed by atoms with E-state index in [9.17, 15) is 29.2 Å². The van der Waals surface area contributed by atoms with Gasteiger partial charge in [-0.15, -0.1) is 0 Å². The minimum Gasteiger partial charge on any atom is -0.371 e. The molecule has 5 aliphatic heterocycles. The summed E-state index contributed by atoms with van der Waals surface area (Å²) < 4.78 is 0. The van der Waals surface area contributed by atoms with Crippen LogP contribution >= 0.6 is 23.8 Å². The third-order valence-corrected chi connectivity index (χ3v) is 13.7. The monoisotopic (exact) mass is 818 g/mol. The molecule has 3 aromatic rings. The first-order chi connectivity index (χ1) is 28.0. The molecule has 1 N–H and O–H groups in total. The number of nitrogens with zero attached hydrogens (tertiary/aromatic N) is 7. The molecule has 1 saturated carbocycles. The van der Waals surface area contributed by atoms with Crippen molar-refractivity contribution in [3.8, 4) is 6.07 Å². The summed E-state index contributed by atoms with van der Waals surface area (Å²) in [6, 6.07) is 17.8. The second kappa shape index (κ2) is 14.8. The zero-order valence-electron chi connectivity index (χ0n) is 32.2. The molecular formula is C43H43ClN8O5S. The number of aryl methyl sites for hydroxylation is 1. The summed E-state index contributed by atoms with van der Waals surface area (Å²) in [4.78, 5) is 76.5. The third kappa shape index (κ3) is 6.31. The van der Waals surface area contributed by atoms with Gasteiger partial charge in [-0.25, -0.2) is 0 Å². The molecular weight excluding hydrogens is 776 g/mol. The molecule has 1 spiro atoms. The smallest absolute Gasteiger partial charge is 0.262 e. The van der Waals surface area contributed by atoms with E-state index in [0.29, 0.717) is 33.4 Å². The van der Waals surface area contributed by atoms with Crippen molar-refractivity contribution < 1.29 is 24.0 Å². The standard InChI is InChI=1S/C43H43ClN8O5S/c1-26-21-31(52-42(58)50(41(57)43(52)13-2-14-43)30-4-3-28(24-45)34(44)23-30)6-8-35(26)49-15-11-27(12-16-49)25-47-17-19-48(20-18-47)29-5-7-32-33(22-29)40(56)51(39(32)55)36-9-10-37(53)46-38(36)54/h3-8,21-23,27,36H,2,9-20,25H2,1H3,(H,46,53,54). The SMILES string of the molecule is Cc1cc(N2C(=S)N(c3ccc(C#N)c(Cl)c3)C(=O)C23CCC3)ccc1N1CCC(CN2CCN(c3ccc4c(c3)C(=O)N(C3CCC(=O)NC3=O)C4=O)CC2)CC1. The molecule has 58 heavy (non-hydrogen) atoms. The van der Waals surface area contributed by atoms with Crippen LogP contribution in [0.3, 0.4) is 0 Å². The van der Waals surface area contributed by atoms with Gasteiger partial charge in [0, 0.05) is 69.3 Å². The van der Waals surface area contributed by atoms with E-state index in [1.165, 1.54) is 5.69 Å². The topological polar surface area (TPSA) is 141 Å². The Morgan fingerprint density at radius 2 is 1.53 bits per heavy atom. The summed E-state index contributed by atoms with van der Waals surface area (Å²) in [5.41, 5.74) is 4.93. The Balaban J connectivity index is 0.794. The van der Waals surface area contributed by atoms with Crippen LogP contribution in [0.1, 0.15) is 76.8 Å². The second-order valence-electron chi connectivity index (χ2n) is 16.3. The Morgan fingerprint density at radius 1 is 0.828 bits per heavy atom. The lowest BCUT2D eigenvalue weighted by Gasteiger charge is -2.43. The number of amides is 5. The van der Waals surface area contributed by atoms with E-state index < -0.39 is 35.2 Å². The number of thiocarbonyl (C=S) groups is 1. The van der Waals surface area contributed by atoms with Crippen LogP contribution in [0, 0.1) is 24.2 Å². The number of anilines is 4. The number of halogens is 1. The molecule has 4 saturated heterocycles. The Labute approximate surface area is 347 Å². The molecule has 5 heterocycles. The van der Waals surface area contributed by atoms with Crippen LogP contribution in [-0.2, 0) is 14.4 Å². The predicted octanol–water partition coefficient (Wildman–Crippen LogP) is 5.02. The van der Waals surface area contributed by atoms with Crippen molar-refractivity contribution in [1.82, 2.24) is 15.1 Å². The number of carbonyl (C=O) groups is 5. The number of nitriles is 1. The van der Waals surface area contributed by atoms with E-state index >= 15 is 0 Å². The van der Waals surface area contributed by atoms with E-state index in [4.69, 9.17) is 23.8 Å². The van der Waals surface area contributed by atoms with Crippen LogP contribution in [0.15, 0.2) is 54.6 Å². The van der Waals surface area contributed by atoms with Gasteiger partial charge in [-0.3, -0.25) is 44.0 Å².